The summed E-state index contributed by atoms with van der Waals surface area (Å²) in [5.74, 6) is 0. The lowest BCUT2D eigenvalue weighted by Gasteiger charge is -2.10. The van der Waals surface area contributed by atoms with Gasteiger partial charge in [-0.1, -0.05) is 17.7 Å². The maximum Gasteiger partial charge on any atom is 0.0996 e. The molecular formula is C18H17ClN2OS. The van der Waals surface area contributed by atoms with Crippen LogP contribution in [-0.2, 0) is 6.42 Å². The number of hydrogen-bond acceptors (Lipinski definition) is 3. The van der Waals surface area contributed by atoms with Crippen molar-refractivity contribution in [1.82, 2.24) is 9.29 Å². The van der Waals surface area contributed by atoms with E-state index in [0.717, 1.165) is 28.3 Å². The summed E-state index contributed by atoms with van der Waals surface area (Å²) in [6, 6.07) is 10.4. The number of hydrogen-bond donors (Lipinski definition) is 1. The monoisotopic (exact) mass is 344 g/mol. The van der Waals surface area contributed by atoms with Crippen LogP contribution in [0.3, 0.4) is 0 Å². The number of aromatic nitrogens is 1. The van der Waals surface area contributed by atoms with Gasteiger partial charge in [0.1, 0.15) is 0 Å². The molecule has 0 fully saturated rings. The molecule has 0 radical (unpaired) electrons. The van der Waals surface area contributed by atoms with Crippen LogP contribution in [0.4, 0.5) is 0 Å². The molecule has 0 amide bonds. The molecule has 0 aliphatic heterocycles. The van der Waals surface area contributed by atoms with Gasteiger partial charge in [-0.2, -0.15) is 0 Å². The van der Waals surface area contributed by atoms with Crippen LogP contribution >= 0.6 is 23.5 Å². The standard InChI is InChI=1S/C18H17ClN2OS/c1-20-17-6-5-15-16(17)10-21(18(15)12-7-8-22-11-12)23-14-4-2-3-13(19)9-14/h2-4,7-11,17,20H,5-6H2,1H3. The van der Waals surface area contributed by atoms with Gasteiger partial charge >= 0.3 is 0 Å². The van der Waals surface area contributed by atoms with Gasteiger partial charge < -0.3 is 9.73 Å². The Morgan fingerprint density at radius 3 is 3.00 bits per heavy atom. The first-order valence-corrected chi connectivity index (χ1v) is 8.79. The molecule has 2 heterocycles. The predicted octanol–water partition coefficient (Wildman–Crippen LogP) is 5.16. The molecule has 118 valence electrons. The van der Waals surface area contributed by atoms with Crippen molar-refractivity contribution in [3.8, 4) is 11.3 Å². The van der Waals surface area contributed by atoms with Crippen molar-refractivity contribution in [2.45, 2.75) is 23.8 Å². The Balaban J connectivity index is 1.80. The Morgan fingerprint density at radius 1 is 1.35 bits per heavy atom. The summed E-state index contributed by atoms with van der Waals surface area (Å²) in [6.45, 7) is 0. The molecule has 0 spiro atoms. The van der Waals surface area contributed by atoms with Crippen molar-refractivity contribution < 1.29 is 4.42 Å². The van der Waals surface area contributed by atoms with Crippen LogP contribution in [0.1, 0.15) is 23.6 Å². The van der Waals surface area contributed by atoms with E-state index in [9.17, 15) is 0 Å². The Labute approximate surface area is 144 Å². The van der Waals surface area contributed by atoms with Crippen molar-refractivity contribution in [2.24, 2.45) is 0 Å². The van der Waals surface area contributed by atoms with Gasteiger partial charge in [0.25, 0.3) is 0 Å². The lowest BCUT2D eigenvalue weighted by molar-refractivity contribution is 0.568. The van der Waals surface area contributed by atoms with Gasteiger partial charge in [0.15, 0.2) is 0 Å². The topological polar surface area (TPSA) is 30.1 Å². The molecule has 3 nitrogen and oxygen atoms in total. The zero-order valence-electron chi connectivity index (χ0n) is 12.8. The molecule has 0 saturated heterocycles. The largest absolute Gasteiger partial charge is 0.472 e. The summed E-state index contributed by atoms with van der Waals surface area (Å²) >= 11 is 7.81. The maximum atomic E-state index is 6.12. The average molecular weight is 345 g/mol. The fourth-order valence-electron chi connectivity index (χ4n) is 3.26. The number of rotatable bonds is 4. The number of halogens is 1. The second-order valence-electron chi connectivity index (χ2n) is 5.68. The van der Waals surface area contributed by atoms with Crippen LogP contribution in [0.15, 0.2) is 58.4 Å². The molecule has 3 aromatic rings. The van der Waals surface area contributed by atoms with Crippen LogP contribution in [0.25, 0.3) is 11.3 Å². The molecule has 1 unspecified atom stereocenters. The highest BCUT2D eigenvalue weighted by molar-refractivity contribution is 7.98. The van der Waals surface area contributed by atoms with Gasteiger partial charge in [-0.25, -0.2) is 0 Å². The highest BCUT2D eigenvalue weighted by atomic mass is 35.5. The summed E-state index contributed by atoms with van der Waals surface area (Å²) in [4.78, 5) is 1.12. The Kier molecular flexibility index (Phi) is 3.97. The number of benzene rings is 1. The van der Waals surface area contributed by atoms with Crippen LogP contribution < -0.4 is 5.32 Å². The van der Waals surface area contributed by atoms with E-state index in [1.807, 2.05) is 37.6 Å². The third-order valence-corrected chi connectivity index (χ3v) is 5.50. The first-order chi connectivity index (χ1) is 11.3. The second kappa shape index (κ2) is 6.11. The fraction of sp³-hybridized carbons (Fsp3) is 0.222. The molecule has 4 rings (SSSR count). The second-order valence-corrected chi connectivity index (χ2v) is 7.16. The van der Waals surface area contributed by atoms with Gasteiger partial charge in [0.05, 0.1) is 18.2 Å². The summed E-state index contributed by atoms with van der Waals surface area (Å²) in [5, 5.41) is 4.17. The summed E-state index contributed by atoms with van der Waals surface area (Å²) < 4.78 is 7.56. The quantitative estimate of drug-likeness (QED) is 0.708. The van der Waals surface area contributed by atoms with E-state index in [1.165, 1.54) is 16.8 Å². The SMILES string of the molecule is CNC1CCc2c1cn(Sc1cccc(Cl)c1)c2-c1ccoc1. The van der Waals surface area contributed by atoms with Crippen molar-refractivity contribution in [3.05, 3.63) is 65.2 Å². The first-order valence-electron chi connectivity index (χ1n) is 7.64. The Bertz CT molecular complexity index is 826. The first kappa shape index (κ1) is 14.9. The van der Waals surface area contributed by atoms with E-state index in [4.69, 9.17) is 16.0 Å². The van der Waals surface area contributed by atoms with Crippen LogP contribution in [0.2, 0.25) is 5.02 Å². The van der Waals surface area contributed by atoms with E-state index < -0.39 is 0 Å². The minimum atomic E-state index is 0.428. The Morgan fingerprint density at radius 2 is 2.26 bits per heavy atom. The number of furan rings is 1. The van der Waals surface area contributed by atoms with Crippen molar-refractivity contribution in [2.75, 3.05) is 7.05 Å². The van der Waals surface area contributed by atoms with Crippen LogP contribution in [0, 0.1) is 0 Å². The van der Waals surface area contributed by atoms with E-state index in [-0.39, 0.29) is 0 Å². The van der Waals surface area contributed by atoms with Gasteiger partial charge in [-0.15, -0.1) is 0 Å². The normalized spacial score (nSPS) is 16.7. The minimum absolute atomic E-state index is 0.428. The molecule has 2 aromatic heterocycles. The maximum absolute atomic E-state index is 6.12. The number of fused-ring (bicyclic) bond motifs is 1. The molecule has 5 heteroatoms. The molecule has 1 N–H and O–H groups in total. The van der Waals surface area contributed by atoms with Crippen molar-refractivity contribution in [3.63, 3.8) is 0 Å². The highest BCUT2D eigenvalue weighted by Gasteiger charge is 2.28. The minimum Gasteiger partial charge on any atom is -0.472 e. The van der Waals surface area contributed by atoms with Gasteiger partial charge in [0.2, 0.25) is 0 Å². The van der Waals surface area contributed by atoms with E-state index in [0.29, 0.717) is 6.04 Å². The lowest BCUT2D eigenvalue weighted by atomic mass is 10.1. The van der Waals surface area contributed by atoms with Crippen LogP contribution in [0.5, 0.6) is 0 Å². The highest BCUT2D eigenvalue weighted by Crippen LogP contribution is 2.42. The molecule has 1 aliphatic rings. The van der Waals surface area contributed by atoms with Gasteiger partial charge in [0, 0.05) is 27.7 Å². The molecule has 0 saturated carbocycles. The summed E-state index contributed by atoms with van der Waals surface area (Å²) in [6.07, 6.45) is 8.03. The number of nitrogens with one attached hydrogen (secondary N) is 1. The molecular weight excluding hydrogens is 328 g/mol. The van der Waals surface area contributed by atoms with Gasteiger partial charge in [-0.05, 0) is 67.2 Å². The van der Waals surface area contributed by atoms with Crippen LogP contribution in [-0.4, -0.2) is 11.0 Å². The summed E-state index contributed by atoms with van der Waals surface area (Å²) in [7, 11) is 2.03. The van der Waals surface area contributed by atoms with Crippen molar-refractivity contribution >= 4 is 23.5 Å². The number of nitrogens with zero attached hydrogens (tertiary/aromatic N) is 1. The molecule has 0 bridgehead atoms. The third kappa shape index (κ3) is 2.71. The van der Waals surface area contributed by atoms with E-state index >= 15 is 0 Å². The van der Waals surface area contributed by atoms with Crippen molar-refractivity contribution in [1.29, 1.82) is 0 Å². The Hall–Kier alpha value is -1.62. The smallest absolute Gasteiger partial charge is 0.0996 e. The lowest BCUT2D eigenvalue weighted by Crippen LogP contribution is -2.12. The van der Waals surface area contributed by atoms with Gasteiger partial charge in [-0.3, -0.25) is 3.97 Å². The molecule has 23 heavy (non-hydrogen) atoms. The molecule has 1 aliphatic carbocycles. The summed E-state index contributed by atoms with van der Waals surface area (Å²) in [5.41, 5.74) is 5.16. The van der Waals surface area contributed by atoms with E-state index in [1.54, 1.807) is 18.2 Å². The predicted molar refractivity (Wildman–Crippen MR) is 95.0 cm³/mol. The molecule has 1 aromatic carbocycles. The van der Waals surface area contributed by atoms with E-state index in [2.05, 4.69) is 21.6 Å². The fourth-order valence-corrected chi connectivity index (χ4v) is 4.53. The zero-order chi connectivity index (χ0) is 15.8. The zero-order valence-corrected chi connectivity index (χ0v) is 14.3. The average Bonchev–Trinajstić information content (AvgIpc) is 3.23. The molecule has 1 atom stereocenters. The third-order valence-electron chi connectivity index (χ3n) is 4.31.